The second-order valence-corrected chi connectivity index (χ2v) is 6.62. The highest BCUT2D eigenvalue weighted by Crippen LogP contribution is 2.33. The predicted octanol–water partition coefficient (Wildman–Crippen LogP) is 4.86. The van der Waals surface area contributed by atoms with Crippen molar-refractivity contribution >= 4 is 0 Å². The van der Waals surface area contributed by atoms with E-state index in [2.05, 4.69) is 39.9 Å². The molecule has 2 heteroatoms. The minimum Gasteiger partial charge on any atom is -0.310 e. The Balaban J connectivity index is 2.90. The van der Waals surface area contributed by atoms with Gasteiger partial charge in [0, 0.05) is 6.04 Å². The molecule has 0 spiro atoms. The molecule has 0 heterocycles. The van der Waals surface area contributed by atoms with Crippen LogP contribution in [0, 0.1) is 24.1 Å². The van der Waals surface area contributed by atoms with Crippen LogP contribution in [0.1, 0.15) is 58.2 Å². The van der Waals surface area contributed by atoms with Gasteiger partial charge in [0.2, 0.25) is 0 Å². The number of hydrogen-bond donors (Lipinski definition) is 1. The molecular weight excluding hydrogens is 237 g/mol. The molecule has 0 bridgehead atoms. The fraction of sp³-hybridized carbons (Fsp3) is 0.647. The van der Waals surface area contributed by atoms with Crippen molar-refractivity contribution in [3.63, 3.8) is 0 Å². The lowest BCUT2D eigenvalue weighted by Gasteiger charge is -2.31. The molecule has 0 saturated carbocycles. The SMILES string of the molecule is CCNC(CC(C)C(C)(C)C)c1ccc(F)c(C)c1. The third-order valence-electron chi connectivity index (χ3n) is 4.10. The van der Waals surface area contributed by atoms with Crippen LogP contribution < -0.4 is 5.32 Å². The number of rotatable bonds is 5. The van der Waals surface area contributed by atoms with Gasteiger partial charge in [-0.3, -0.25) is 0 Å². The molecule has 0 radical (unpaired) electrons. The van der Waals surface area contributed by atoms with Gasteiger partial charge in [-0.1, -0.05) is 46.8 Å². The van der Waals surface area contributed by atoms with Crippen molar-refractivity contribution in [1.82, 2.24) is 5.32 Å². The summed E-state index contributed by atoms with van der Waals surface area (Å²) in [5.74, 6) is 0.477. The van der Waals surface area contributed by atoms with Crippen molar-refractivity contribution in [2.75, 3.05) is 6.54 Å². The second-order valence-electron chi connectivity index (χ2n) is 6.62. The first-order valence-electron chi connectivity index (χ1n) is 7.25. The fourth-order valence-corrected chi connectivity index (χ4v) is 2.18. The molecule has 0 aliphatic carbocycles. The van der Waals surface area contributed by atoms with Gasteiger partial charge in [0.15, 0.2) is 0 Å². The third kappa shape index (κ3) is 4.61. The number of benzene rings is 1. The second kappa shape index (κ2) is 6.51. The van der Waals surface area contributed by atoms with Gasteiger partial charge in [-0.15, -0.1) is 0 Å². The van der Waals surface area contributed by atoms with Crippen LogP contribution in [0.15, 0.2) is 18.2 Å². The van der Waals surface area contributed by atoms with E-state index in [-0.39, 0.29) is 5.82 Å². The van der Waals surface area contributed by atoms with Crippen LogP contribution in [0.5, 0.6) is 0 Å². The van der Waals surface area contributed by atoms with E-state index in [1.165, 1.54) is 5.56 Å². The summed E-state index contributed by atoms with van der Waals surface area (Å²) in [6.45, 7) is 14.0. The van der Waals surface area contributed by atoms with E-state index in [4.69, 9.17) is 0 Å². The molecule has 2 unspecified atom stereocenters. The maximum atomic E-state index is 13.4. The Kier molecular flexibility index (Phi) is 5.54. The van der Waals surface area contributed by atoms with Crippen LogP contribution in [0.25, 0.3) is 0 Å². The molecule has 1 rings (SSSR count). The quantitative estimate of drug-likeness (QED) is 0.802. The highest BCUT2D eigenvalue weighted by molar-refractivity contribution is 5.26. The Bertz CT molecular complexity index is 406. The maximum absolute atomic E-state index is 13.4. The number of aryl methyl sites for hydroxylation is 1. The van der Waals surface area contributed by atoms with Crippen molar-refractivity contribution in [1.29, 1.82) is 0 Å². The van der Waals surface area contributed by atoms with Gasteiger partial charge >= 0.3 is 0 Å². The summed E-state index contributed by atoms with van der Waals surface area (Å²) in [7, 11) is 0. The lowest BCUT2D eigenvalue weighted by Crippen LogP contribution is -2.27. The molecule has 108 valence electrons. The molecular formula is C17H28FN. The summed E-state index contributed by atoms with van der Waals surface area (Å²) >= 11 is 0. The Morgan fingerprint density at radius 1 is 1.26 bits per heavy atom. The smallest absolute Gasteiger partial charge is 0.126 e. The molecule has 1 aromatic carbocycles. The monoisotopic (exact) mass is 265 g/mol. The van der Waals surface area contributed by atoms with Crippen LogP contribution in [0.3, 0.4) is 0 Å². The van der Waals surface area contributed by atoms with Crippen molar-refractivity contribution in [3.8, 4) is 0 Å². The normalized spacial score (nSPS) is 15.3. The van der Waals surface area contributed by atoms with Crippen molar-refractivity contribution in [2.24, 2.45) is 11.3 Å². The third-order valence-corrected chi connectivity index (χ3v) is 4.10. The summed E-state index contributed by atoms with van der Waals surface area (Å²) in [5.41, 5.74) is 2.21. The first kappa shape index (κ1) is 16.2. The van der Waals surface area contributed by atoms with Gasteiger partial charge in [-0.05, 0) is 48.4 Å². The molecule has 0 aliphatic heterocycles. The zero-order valence-corrected chi connectivity index (χ0v) is 13.2. The van der Waals surface area contributed by atoms with E-state index in [0.29, 0.717) is 17.4 Å². The highest BCUT2D eigenvalue weighted by atomic mass is 19.1. The number of halogens is 1. The topological polar surface area (TPSA) is 12.0 Å². The molecule has 0 saturated heterocycles. The van der Waals surface area contributed by atoms with E-state index in [9.17, 15) is 4.39 Å². The van der Waals surface area contributed by atoms with Crippen molar-refractivity contribution in [2.45, 2.75) is 54.0 Å². The van der Waals surface area contributed by atoms with Gasteiger partial charge < -0.3 is 5.32 Å². The number of hydrogen-bond acceptors (Lipinski definition) is 1. The Labute approximate surface area is 117 Å². The standard InChI is InChI=1S/C17H28FN/c1-7-19-16(11-13(3)17(4,5)6)14-8-9-15(18)12(2)10-14/h8-10,13,16,19H,7,11H2,1-6H3. The van der Waals surface area contributed by atoms with Crippen LogP contribution in [-0.2, 0) is 0 Å². The van der Waals surface area contributed by atoms with E-state index in [0.717, 1.165) is 18.5 Å². The maximum Gasteiger partial charge on any atom is 0.126 e. The Hall–Kier alpha value is -0.890. The van der Waals surface area contributed by atoms with Crippen LogP contribution in [0.2, 0.25) is 0 Å². The molecule has 0 aromatic heterocycles. The minimum absolute atomic E-state index is 0.122. The molecule has 1 nitrogen and oxygen atoms in total. The van der Waals surface area contributed by atoms with Gasteiger partial charge in [0.1, 0.15) is 5.82 Å². The van der Waals surface area contributed by atoms with E-state index >= 15 is 0 Å². The largest absolute Gasteiger partial charge is 0.310 e. The Morgan fingerprint density at radius 3 is 2.37 bits per heavy atom. The molecule has 0 aliphatic rings. The van der Waals surface area contributed by atoms with Crippen molar-refractivity contribution < 1.29 is 4.39 Å². The zero-order valence-electron chi connectivity index (χ0n) is 13.2. The van der Waals surface area contributed by atoms with Crippen LogP contribution in [-0.4, -0.2) is 6.54 Å². The molecule has 1 aromatic rings. The molecule has 1 N–H and O–H groups in total. The lowest BCUT2D eigenvalue weighted by molar-refractivity contribution is 0.224. The van der Waals surface area contributed by atoms with Gasteiger partial charge in [0.25, 0.3) is 0 Å². The molecule has 2 atom stereocenters. The van der Waals surface area contributed by atoms with E-state index in [1.54, 1.807) is 6.07 Å². The molecule has 19 heavy (non-hydrogen) atoms. The van der Waals surface area contributed by atoms with Crippen molar-refractivity contribution in [3.05, 3.63) is 35.1 Å². The first-order chi connectivity index (χ1) is 8.75. The Morgan fingerprint density at radius 2 is 1.89 bits per heavy atom. The molecule has 0 fully saturated rings. The summed E-state index contributed by atoms with van der Waals surface area (Å²) in [4.78, 5) is 0. The predicted molar refractivity (Wildman–Crippen MR) is 80.8 cm³/mol. The summed E-state index contributed by atoms with van der Waals surface area (Å²) in [5, 5.41) is 3.53. The van der Waals surface area contributed by atoms with E-state index in [1.807, 2.05) is 19.1 Å². The molecule has 0 amide bonds. The van der Waals surface area contributed by atoms with Gasteiger partial charge in [-0.25, -0.2) is 4.39 Å². The van der Waals surface area contributed by atoms with Crippen LogP contribution >= 0.6 is 0 Å². The minimum atomic E-state index is -0.122. The average Bonchev–Trinajstić information content (AvgIpc) is 2.31. The zero-order chi connectivity index (χ0) is 14.6. The summed E-state index contributed by atoms with van der Waals surface area (Å²) in [6.07, 6.45) is 1.07. The summed E-state index contributed by atoms with van der Waals surface area (Å²) in [6, 6.07) is 5.76. The van der Waals surface area contributed by atoms with E-state index < -0.39 is 0 Å². The fourth-order valence-electron chi connectivity index (χ4n) is 2.18. The summed E-state index contributed by atoms with van der Waals surface area (Å²) < 4.78 is 13.4. The average molecular weight is 265 g/mol. The lowest BCUT2D eigenvalue weighted by atomic mass is 9.77. The number of nitrogens with one attached hydrogen (secondary N) is 1. The first-order valence-corrected chi connectivity index (χ1v) is 7.25. The van der Waals surface area contributed by atoms with Gasteiger partial charge in [-0.2, -0.15) is 0 Å². The van der Waals surface area contributed by atoms with Crippen LogP contribution in [0.4, 0.5) is 4.39 Å². The van der Waals surface area contributed by atoms with Gasteiger partial charge in [0.05, 0.1) is 0 Å². The highest BCUT2D eigenvalue weighted by Gasteiger charge is 2.24.